The van der Waals surface area contributed by atoms with E-state index >= 15 is 0 Å². The molecule has 0 heteroatoms. The highest BCUT2D eigenvalue weighted by Crippen LogP contribution is 2.42. The van der Waals surface area contributed by atoms with Gasteiger partial charge < -0.3 is 0 Å². The van der Waals surface area contributed by atoms with Gasteiger partial charge in [0.15, 0.2) is 0 Å². The van der Waals surface area contributed by atoms with E-state index in [2.05, 4.69) is 44.7 Å². The summed E-state index contributed by atoms with van der Waals surface area (Å²) in [4.78, 5) is 0. The van der Waals surface area contributed by atoms with E-state index in [1.54, 1.807) is 0 Å². The fourth-order valence-corrected chi connectivity index (χ4v) is 2.71. The first-order chi connectivity index (χ1) is 6.58. The molecule has 0 aromatic heterocycles. The van der Waals surface area contributed by atoms with Gasteiger partial charge in [-0.25, -0.2) is 0 Å². The van der Waals surface area contributed by atoms with Gasteiger partial charge in [0.1, 0.15) is 0 Å². The summed E-state index contributed by atoms with van der Waals surface area (Å²) in [7, 11) is 0. The summed E-state index contributed by atoms with van der Waals surface area (Å²) < 4.78 is 0. The van der Waals surface area contributed by atoms with E-state index in [0.29, 0.717) is 11.3 Å². The highest BCUT2D eigenvalue weighted by molar-refractivity contribution is 5.40. The van der Waals surface area contributed by atoms with Crippen LogP contribution in [0.15, 0.2) is 41.2 Å². The van der Waals surface area contributed by atoms with Crippen LogP contribution in [0.2, 0.25) is 0 Å². The normalized spacial score (nSPS) is 28.9. The van der Waals surface area contributed by atoms with Gasteiger partial charge in [0.25, 0.3) is 0 Å². The van der Waals surface area contributed by atoms with Crippen LogP contribution >= 0.6 is 0 Å². The topological polar surface area (TPSA) is 0 Å². The smallest absolute Gasteiger partial charge is 0.0165 e. The molecule has 0 bridgehead atoms. The minimum Gasteiger partial charge on any atom is -0.121 e. The standard InChI is InChI=1S/C14H18/c1-11-9-14(2,3)10-12-7-5-4-6-8-13(11)12/h4,6-8,11H,9-10H2,1-3H3. The van der Waals surface area contributed by atoms with Crippen LogP contribution in [0.4, 0.5) is 0 Å². The zero-order chi connectivity index (χ0) is 10.2. The molecule has 74 valence electrons. The van der Waals surface area contributed by atoms with Crippen LogP contribution < -0.4 is 0 Å². The molecule has 0 fully saturated rings. The molecule has 0 aromatic rings. The Morgan fingerprint density at radius 1 is 1.43 bits per heavy atom. The predicted molar refractivity (Wildman–Crippen MR) is 61.0 cm³/mol. The predicted octanol–water partition coefficient (Wildman–Crippen LogP) is 4.02. The van der Waals surface area contributed by atoms with Gasteiger partial charge in [-0.2, -0.15) is 0 Å². The summed E-state index contributed by atoms with van der Waals surface area (Å²) in [5, 5.41) is 0. The molecule has 0 spiro atoms. The molecule has 0 radical (unpaired) electrons. The Kier molecular flexibility index (Phi) is 2.25. The van der Waals surface area contributed by atoms with Crippen molar-refractivity contribution < 1.29 is 0 Å². The summed E-state index contributed by atoms with van der Waals surface area (Å²) in [6.07, 6.45) is 11.0. The van der Waals surface area contributed by atoms with Crippen molar-refractivity contribution in [3.63, 3.8) is 0 Å². The van der Waals surface area contributed by atoms with Crippen molar-refractivity contribution in [3.8, 4) is 0 Å². The summed E-state index contributed by atoms with van der Waals surface area (Å²) in [5.74, 6) is 0.689. The van der Waals surface area contributed by atoms with Crippen LogP contribution in [0.1, 0.15) is 33.6 Å². The van der Waals surface area contributed by atoms with Crippen LogP contribution in [-0.2, 0) is 0 Å². The Balaban J connectivity index is 2.42. The van der Waals surface area contributed by atoms with Gasteiger partial charge in [-0.15, -0.1) is 5.73 Å². The Bertz CT molecular complexity index is 357. The fraction of sp³-hybridized carbons (Fsp3) is 0.500. The number of hydrogen-bond acceptors (Lipinski definition) is 0. The molecular weight excluding hydrogens is 168 g/mol. The second-order valence-electron chi connectivity index (χ2n) is 5.26. The van der Waals surface area contributed by atoms with Crippen molar-refractivity contribution in [1.29, 1.82) is 0 Å². The van der Waals surface area contributed by atoms with Crippen molar-refractivity contribution in [1.82, 2.24) is 0 Å². The summed E-state index contributed by atoms with van der Waals surface area (Å²) >= 11 is 0. The molecule has 2 aliphatic rings. The van der Waals surface area contributed by atoms with Crippen molar-refractivity contribution in [2.75, 3.05) is 0 Å². The van der Waals surface area contributed by atoms with Crippen LogP contribution in [0.25, 0.3) is 0 Å². The van der Waals surface area contributed by atoms with E-state index < -0.39 is 0 Å². The van der Waals surface area contributed by atoms with E-state index in [9.17, 15) is 0 Å². The largest absolute Gasteiger partial charge is 0.121 e. The van der Waals surface area contributed by atoms with Gasteiger partial charge in [0.2, 0.25) is 0 Å². The highest BCUT2D eigenvalue weighted by Gasteiger charge is 2.29. The molecule has 2 aliphatic carbocycles. The molecule has 0 aromatic carbocycles. The molecular formula is C14H18. The van der Waals surface area contributed by atoms with Gasteiger partial charge >= 0.3 is 0 Å². The molecule has 0 N–H and O–H groups in total. The maximum atomic E-state index is 3.21. The van der Waals surface area contributed by atoms with Gasteiger partial charge in [-0.05, 0) is 47.5 Å². The molecule has 1 atom stereocenters. The molecule has 2 rings (SSSR count). The van der Waals surface area contributed by atoms with Crippen molar-refractivity contribution >= 4 is 0 Å². The SMILES string of the molecule is CC1CC(C)(C)CC2=C1C=CC=C=C2. The lowest BCUT2D eigenvalue weighted by Crippen LogP contribution is -2.23. The van der Waals surface area contributed by atoms with Crippen LogP contribution in [0.3, 0.4) is 0 Å². The Morgan fingerprint density at radius 3 is 3.00 bits per heavy atom. The minimum atomic E-state index is 0.453. The zero-order valence-electron chi connectivity index (χ0n) is 9.30. The Labute approximate surface area is 86.7 Å². The van der Waals surface area contributed by atoms with Gasteiger partial charge in [-0.3, -0.25) is 0 Å². The first kappa shape index (κ1) is 9.55. The third kappa shape index (κ3) is 1.76. The average molecular weight is 186 g/mol. The maximum Gasteiger partial charge on any atom is -0.0165 e. The average Bonchev–Trinajstić information content (AvgIpc) is 2.27. The molecule has 0 saturated carbocycles. The third-order valence-electron chi connectivity index (χ3n) is 3.16. The molecule has 0 aliphatic heterocycles. The fourth-order valence-electron chi connectivity index (χ4n) is 2.71. The second kappa shape index (κ2) is 3.29. The number of rotatable bonds is 0. The van der Waals surface area contributed by atoms with Crippen molar-refractivity contribution in [3.05, 3.63) is 41.2 Å². The Morgan fingerprint density at radius 2 is 2.21 bits per heavy atom. The van der Waals surface area contributed by atoms with E-state index in [4.69, 9.17) is 0 Å². The van der Waals surface area contributed by atoms with Gasteiger partial charge in [0, 0.05) is 0 Å². The molecule has 0 nitrogen and oxygen atoms in total. The molecule has 14 heavy (non-hydrogen) atoms. The summed E-state index contributed by atoms with van der Waals surface area (Å²) in [5.41, 5.74) is 6.67. The number of hydrogen-bond donors (Lipinski definition) is 0. The van der Waals surface area contributed by atoms with Crippen molar-refractivity contribution in [2.45, 2.75) is 33.6 Å². The van der Waals surface area contributed by atoms with Gasteiger partial charge in [-0.1, -0.05) is 32.9 Å². The molecule has 0 heterocycles. The van der Waals surface area contributed by atoms with E-state index in [1.165, 1.54) is 24.0 Å². The lowest BCUT2D eigenvalue weighted by molar-refractivity contribution is 0.276. The quantitative estimate of drug-likeness (QED) is 0.501. The Hall–Kier alpha value is -1.00. The van der Waals surface area contributed by atoms with E-state index in [-0.39, 0.29) is 0 Å². The highest BCUT2D eigenvalue weighted by atomic mass is 14.3. The van der Waals surface area contributed by atoms with E-state index in [0.717, 1.165) is 0 Å². The van der Waals surface area contributed by atoms with Gasteiger partial charge in [0.05, 0.1) is 0 Å². The van der Waals surface area contributed by atoms with Crippen LogP contribution in [-0.4, -0.2) is 0 Å². The van der Waals surface area contributed by atoms with Crippen LogP contribution in [0.5, 0.6) is 0 Å². The van der Waals surface area contributed by atoms with Crippen LogP contribution in [0, 0.1) is 11.3 Å². The first-order valence-corrected chi connectivity index (χ1v) is 5.41. The lowest BCUT2D eigenvalue weighted by Gasteiger charge is -2.35. The zero-order valence-corrected chi connectivity index (χ0v) is 9.30. The lowest BCUT2D eigenvalue weighted by atomic mass is 9.70. The second-order valence-corrected chi connectivity index (χ2v) is 5.26. The maximum absolute atomic E-state index is 3.21. The minimum absolute atomic E-state index is 0.453. The monoisotopic (exact) mass is 186 g/mol. The van der Waals surface area contributed by atoms with E-state index in [1.807, 2.05) is 6.08 Å². The van der Waals surface area contributed by atoms with Crippen molar-refractivity contribution in [2.24, 2.45) is 11.3 Å². The molecule has 0 saturated heterocycles. The third-order valence-corrected chi connectivity index (χ3v) is 3.16. The molecule has 0 amide bonds. The molecule has 1 unspecified atom stereocenters. The number of allylic oxidation sites excluding steroid dienone is 5. The first-order valence-electron chi connectivity index (χ1n) is 5.41. The summed E-state index contributed by atoms with van der Waals surface area (Å²) in [6.45, 7) is 7.05. The summed E-state index contributed by atoms with van der Waals surface area (Å²) in [6, 6.07) is 0.